The molecule has 21 heavy (non-hydrogen) atoms. The van der Waals surface area contributed by atoms with Gasteiger partial charge in [0.1, 0.15) is 5.75 Å². The minimum atomic E-state index is -0.333. The highest BCUT2D eigenvalue weighted by molar-refractivity contribution is 7.82. The number of hydrogen-bond donors (Lipinski definition) is 1. The Hall–Kier alpha value is -1.62. The van der Waals surface area contributed by atoms with Gasteiger partial charge in [-0.3, -0.25) is 4.79 Å². The minimum absolute atomic E-state index is 0.0892. The van der Waals surface area contributed by atoms with E-state index in [2.05, 4.69) is 5.32 Å². The van der Waals surface area contributed by atoms with Crippen LogP contribution in [0.4, 0.5) is 5.69 Å². The Labute approximate surface area is 137 Å². The number of carbonyl (C=O) groups is 1. The summed E-state index contributed by atoms with van der Waals surface area (Å²) in [5.41, 5.74) is 0.750. The maximum absolute atomic E-state index is 11.9. The van der Waals surface area contributed by atoms with Crippen molar-refractivity contribution >= 4 is 51.9 Å². The fourth-order valence-corrected chi connectivity index (χ4v) is 2.16. The zero-order chi connectivity index (χ0) is 15.2. The van der Waals surface area contributed by atoms with Crippen molar-refractivity contribution in [2.75, 3.05) is 11.9 Å². The normalized spacial score (nSPS) is 10.0. The second kappa shape index (κ2) is 7.41. The molecule has 0 heterocycles. The number of para-hydroxylation sites is 1. The van der Waals surface area contributed by atoms with Gasteiger partial charge in [0.25, 0.3) is 0 Å². The van der Waals surface area contributed by atoms with Crippen molar-refractivity contribution in [3.05, 3.63) is 58.6 Å². The number of Topliss-reactive ketones (excluding diaryl/α,β-unsaturated/α-hetero) is 1. The number of nitrogens with one attached hydrogen (secondary N) is 1. The van der Waals surface area contributed by atoms with Crippen LogP contribution in [0.25, 0.3) is 0 Å². The summed E-state index contributed by atoms with van der Waals surface area (Å²) < 4.78 is 5.34. The van der Waals surface area contributed by atoms with Gasteiger partial charge in [-0.25, -0.2) is 0 Å². The number of ether oxygens (including phenoxy) is 1. The van der Waals surface area contributed by atoms with Gasteiger partial charge in [0, 0.05) is 10.7 Å². The number of rotatable bonds is 5. The fourth-order valence-electron chi connectivity index (χ4n) is 1.52. The van der Waals surface area contributed by atoms with Crippen molar-refractivity contribution < 1.29 is 9.53 Å². The van der Waals surface area contributed by atoms with E-state index in [1.54, 1.807) is 18.2 Å². The van der Waals surface area contributed by atoms with Gasteiger partial charge in [-0.1, -0.05) is 53.6 Å². The van der Waals surface area contributed by atoms with Crippen molar-refractivity contribution in [3.63, 3.8) is 0 Å². The SMILES string of the molecule is O=C(COc1ccc(Cl)cc1Cl)C(=S)Nc1ccccc1. The Morgan fingerprint density at radius 1 is 1.14 bits per heavy atom. The van der Waals surface area contributed by atoms with E-state index >= 15 is 0 Å². The molecule has 2 rings (SSSR count). The van der Waals surface area contributed by atoms with Gasteiger partial charge in [0.2, 0.25) is 5.78 Å². The Kier molecular flexibility index (Phi) is 5.56. The van der Waals surface area contributed by atoms with Gasteiger partial charge >= 0.3 is 0 Å². The number of carbonyl (C=O) groups excluding carboxylic acids is 1. The smallest absolute Gasteiger partial charge is 0.227 e. The van der Waals surface area contributed by atoms with Gasteiger partial charge in [-0.05, 0) is 30.3 Å². The van der Waals surface area contributed by atoms with Gasteiger partial charge < -0.3 is 10.1 Å². The fraction of sp³-hybridized carbons (Fsp3) is 0.0667. The standard InChI is InChI=1S/C15H11Cl2NO2S/c16-10-6-7-14(12(17)8-10)20-9-13(19)15(21)18-11-4-2-1-3-5-11/h1-8H,9H2,(H,18,21). The molecule has 0 saturated carbocycles. The first-order valence-electron chi connectivity index (χ1n) is 6.03. The number of anilines is 1. The third-order valence-electron chi connectivity index (χ3n) is 2.54. The van der Waals surface area contributed by atoms with Crippen LogP contribution in [-0.2, 0) is 4.79 Å². The van der Waals surface area contributed by atoms with Crippen LogP contribution < -0.4 is 10.1 Å². The van der Waals surface area contributed by atoms with Crippen molar-refractivity contribution in [1.82, 2.24) is 0 Å². The third kappa shape index (κ3) is 4.70. The summed E-state index contributed by atoms with van der Waals surface area (Å²) in [7, 11) is 0. The Morgan fingerprint density at radius 2 is 1.86 bits per heavy atom. The number of ketones is 1. The van der Waals surface area contributed by atoms with E-state index in [0.717, 1.165) is 5.69 Å². The molecule has 0 fully saturated rings. The molecule has 0 atom stereocenters. The molecule has 3 nitrogen and oxygen atoms in total. The summed E-state index contributed by atoms with van der Waals surface area (Å²) in [6.45, 7) is -0.194. The molecular weight excluding hydrogens is 329 g/mol. The van der Waals surface area contributed by atoms with Gasteiger partial charge in [-0.2, -0.15) is 0 Å². The number of hydrogen-bond acceptors (Lipinski definition) is 3. The summed E-state index contributed by atoms with van der Waals surface area (Å²) in [5.74, 6) is 0.0526. The monoisotopic (exact) mass is 339 g/mol. The first-order chi connectivity index (χ1) is 10.1. The summed E-state index contributed by atoms with van der Waals surface area (Å²) in [6, 6.07) is 14.0. The van der Waals surface area contributed by atoms with Crippen molar-refractivity contribution in [2.24, 2.45) is 0 Å². The Bertz CT molecular complexity index is 662. The van der Waals surface area contributed by atoms with Crippen LogP contribution in [0.15, 0.2) is 48.5 Å². The van der Waals surface area contributed by atoms with E-state index in [0.29, 0.717) is 15.8 Å². The van der Waals surface area contributed by atoms with Gasteiger partial charge in [0.05, 0.1) is 5.02 Å². The topological polar surface area (TPSA) is 38.3 Å². The molecule has 0 aromatic heterocycles. The quantitative estimate of drug-likeness (QED) is 0.820. The second-order valence-corrected chi connectivity index (χ2v) is 5.36. The highest BCUT2D eigenvalue weighted by Gasteiger charge is 2.12. The predicted molar refractivity (Wildman–Crippen MR) is 89.6 cm³/mol. The highest BCUT2D eigenvalue weighted by Crippen LogP contribution is 2.27. The maximum atomic E-state index is 11.9. The van der Waals surface area contributed by atoms with E-state index in [1.807, 2.05) is 30.3 Å². The van der Waals surface area contributed by atoms with E-state index in [1.165, 1.54) is 0 Å². The summed E-state index contributed by atoms with van der Waals surface area (Å²) >= 11 is 16.8. The molecule has 0 unspecified atom stereocenters. The van der Waals surface area contributed by atoms with Gasteiger partial charge in [0.15, 0.2) is 11.6 Å². The lowest BCUT2D eigenvalue weighted by atomic mass is 10.3. The Morgan fingerprint density at radius 3 is 2.52 bits per heavy atom. The Balaban J connectivity index is 1.91. The molecule has 2 aromatic rings. The summed E-state index contributed by atoms with van der Waals surface area (Å²) in [6.07, 6.45) is 0. The van der Waals surface area contributed by atoms with Gasteiger partial charge in [-0.15, -0.1) is 0 Å². The molecule has 0 saturated heterocycles. The third-order valence-corrected chi connectivity index (χ3v) is 3.40. The second-order valence-electron chi connectivity index (χ2n) is 4.11. The van der Waals surface area contributed by atoms with E-state index in [4.69, 9.17) is 40.2 Å². The first kappa shape index (κ1) is 15.8. The lowest BCUT2D eigenvalue weighted by Crippen LogP contribution is -2.26. The van der Waals surface area contributed by atoms with Crippen LogP contribution in [0, 0.1) is 0 Å². The molecule has 0 aliphatic heterocycles. The number of benzene rings is 2. The molecule has 0 spiro atoms. The number of thiocarbonyl (C=S) groups is 1. The van der Waals surface area contributed by atoms with Crippen molar-refractivity contribution in [1.29, 1.82) is 0 Å². The lowest BCUT2D eigenvalue weighted by Gasteiger charge is -2.09. The average Bonchev–Trinajstić information content (AvgIpc) is 2.47. The first-order valence-corrected chi connectivity index (χ1v) is 7.20. The lowest BCUT2D eigenvalue weighted by molar-refractivity contribution is -0.114. The molecule has 0 aliphatic rings. The maximum Gasteiger partial charge on any atom is 0.227 e. The van der Waals surface area contributed by atoms with Crippen LogP contribution in [0.3, 0.4) is 0 Å². The van der Waals surface area contributed by atoms with E-state index in [-0.39, 0.29) is 17.4 Å². The van der Waals surface area contributed by atoms with Crippen LogP contribution in [0.2, 0.25) is 10.0 Å². The van der Waals surface area contributed by atoms with E-state index < -0.39 is 0 Å². The van der Waals surface area contributed by atoms with Crippen molar-refractivity contribution in [2.45, 2.75) is 0 Å². The summed E-state index contributed by atoms with van der Waals surface area (Å²) in [4.78, 5) is 12.0. The molecule has 0 radical (unpaired) electrons. The molecule has 0 amide bonds. The highest BCUT2D eigenvalue weighted by atomic mass is 35.5. The zero-order valence-electron chi connectivity index (χ0n) is 10.8. The molecule has 0 bridgehead atoms. The number of halogens is 2. The molecule has 6 heteroatoms. The predicted octanol–water partition coefficient (Wildman–Crippen LogP) is 4.38. The zero-order valence-corrected chi connectivity index (χ0v) is 13.1. The van der Waals surface area contributed by atoms with Crippen LogP contribution in [-0.4, -0.2) is 17.4 Å². The molecule has 0 aliphatic carbocycles. The van der Waals surface area contributed by atoms with Crippen molar-refractivity contribution in [3.8, 4) is 5.75 Å². The van der Waals surface area contributed by atoms with Crippen LogP contribution >= 0.6 is 35.4 Å². The molecular formula is C15H11Cl2NO2S. The largest absolute Gasteiger partial charge is 0.484 e. The minimum Gasteiger partial charge on any atom is -0.484 e. The summed E-state index contributed by atoms with van der Waals surface area (Å²) in [5, 5.41) is 3.69. The van der Waals surface area contributed by atoms with Crippen LogP contribution in [0.5, 0.6) is 5.75 Å². The van der Waals surface area contributed by atoms with Crippen LogP contribution in [0.1, 0.15) is 0 Å². The molecule has 1 N–H and O–H groups in total. The average molecular weight is 340 g/mol. The van der Waals surface area contributed by atoms with E-state index in [9.17, 15) is 4.79 Å². The molecule has 108 valence electrons. The molecule has 2 aromatic carbocycles.